The van der Waals surface area contributed by atoms with Crippen LogP contribution < -0.4 is 5.32 Å². The number of nitriles is 1. The number of carbonyl (C=O) groups excluding carboxylic acids is 2. The topological polar surface area (TPSA) is 135 Å². The Hall–Kier alpha value is -2.72. The maximum absolute atomic E-state index is 13.5. The summed E-state index contributed by atoms with van der Waals surface area (Å²) in [4.78, 5) is 30.2. The highest BCUT2D eigenvalue weighted by atomic mass is 19.1. The zero-order valence-corrected chi connectivity index (χ0v) is 23.7. The molecule has 4 atom stereocenters. The molecule has 1 aromatic carbocycles. The van der Waals surface area contributed by atoms with E-state index in [0.29, 0.717) is 38.2 Å². The van der Waals surface area contributed by atoms with Gasteiger partial charge in [0.05, 0.1) is 31.8 Å². The van der Waals surface area contributed by atoms with Crippen LogP contribution >= 0.6 is 0 Å². The molecule has 2 fully saturated rings. The predicted octanol–water partition coefficient (Wildman–Crippen LogP) is 2.13. The Bertz CT molecular complexity index is 1020. The number of nitrogens with zero attached hydrogens (tertiary/aromatic N) is 3. The summed E-state index contributed by atoms with van der Waals surface area (Å²) in [6, 6.07) is 7.74. The van der Waals surface area contributed by atoms with Crippen LogP contribution in [-0.2, 0) is 20.7 Å². The molecule has 0 aromatic heterocycles. The van der Waals surface area contributed by atoms with E-state index < -0.39 is 37.0 Å². The van der Waals surface area contributed by atoms with E-state index in [1.54, 1.807) is 4.90 Å². The van der Waals surface area contributed by atoms with Gasteiger partial charge in [-0.25, -0.2) is 9.18 Å². The van der Waals surface area contributed by atoms with Crippen molar-refractivity contribution in [1.82, 2.24) is 15.1 Å². The quantitative estimate of drug-likeness (QED) is 0.371. The van der Waals surface area contributed by atoms with Crippen molar-refractivity contribution in [3.05, 3.63) is 35.6 Å². The molecule has 0 radical (unpaired) electrons. The number of amides is 2. The number of hydrogen-bond acceptors (Lipinski definition) is 8. The average molecular weight is 560 g/mol. The molecule has 220 valence electrons. The summed E-state index contributed by atoms with van der Waals surface area (Å²) >= 11 is 0. The zero-order chi connectivity index (χ0) is 29.3. The standard InChI is InChI=1S/C28H42BFN4O6/c1-20(17-28(2,3)34-12-14-39-15-13-34)24(18-31)26(35)33-11-5-4-6-23(19-33)40-27(36)32-25(29(37)38)16-21-7-9-22(30)10-8-21/h7-10,20,23-25,37-38H,4-6,11-17,19H2,1-3H3,(H,32,36)/t20-,23+,24?,25-/m0/s1. The van der Waals surface area contributed by atoms with Crippen molar-refractivity contribution in [3.8, 4) is 6.07 Å². The van der Waals surface area contributed by atoms with Crippen molar-refractivity contribution in [2.75, 3.05) is 39.4 Å². The van der Waals surface area contributed by atoms with E-state index in [1.807, 2.05) is 6.92 Å². The van der Waals surface area contributed by atoms with E-state index in [4.69, 9.17) is 9.47 Å². The molecule has 10 nitrogen and oxygen atoms in total. The highest BCUT2D eigenvalue weighted by Gasteiger charge is 2.37. The number of benzene rings is 1. The van der Waals surface area contributed by atoms with Crippen molar-refractivity contribution in [2.24, 2.45) is 11.8 Å². The highest BCUT2D eigenvalue weighted by Crippen LogP contribution is 2.30. The van der Waals surface area contributed by atoms with E-state index in [1.165, 1.54) is 24.3 Å². The Labute approximate surface area is 236 Å². The molecule has 0 aliphatic carbocycles. The number of carbonyl (C=O) groups is 2. The molecule has 3 rings (SSSR count). The first-order chi connectivity index (χ1) is 19.0. The van der Waals surface area contributed by atoms with Crippen LogP contribution in [0, 0.1) is 29.0 Å². The summed E-state index contributed by atoms with van der Waals surface area (Å²) in [6.45, 7) is 9.82. The van der Waals surface area contributed by atoms with Gasteiger partial charge in [0.15, 0.2) is 0 Å². The Kier molecular flexibility index (Phi) is 11.8. The first-order valence-corrected chi connectivity index (χ1v) is 14.1. The second-order valence-electron chi connectivity index (χ2n) is 11.5. The number of morpholine rings is 1. The summed E-state index contributed by atoms with van der Waals surface area (Å²) in [5.41, 5.74) is 0.419. The number of nitrogens with one attached hydrogen (secondary N) is 1. The van der Waals surface area contributed by atoms with Crippen LogP contribution in [-0.4, -0.2) is 95.9 Å². The SMILES string of the molecule is C[C@@H](CC(C)(C)N1CCOCC1)C(C#N)C(=O)N1CCCC[C@@H](OC(=O)N[C@@H](Cc2ccc(F)cc2)B(O)O)C1. The fourth-order valence-corrected chi connectivity index (χ4v) is 5.67. The Morgan fingerprint density at radius 1 is 1.23 bits per heavy atom. The maximum atomic E-state index is 13.5. The molecule has 0 bridgehead atoms. The van der Waals surface area contributed by atoms with Crippen LogP contribution in [0.25, 0.3) is 0 Å². The molecule has 12 heteroatoms. The molecular formula is C28H42BFN4O6. The molecule has 2 heterocycles. The lowest BCUT2D eigenvalue weighted by Crippen LogP contribution is -2.51. The van der Waals surface area contributed by atoms with Gasteiger partial charge in [0.25, 0.3) is 0 Å². The third kappa shape index (κ3) is 9.16. The Morgan fingerprint density at radius 2 is 1.90 bits per heavy atom. The van der Waals surface area contributed by atoms with Crippen LogP contribution in [0.1, 0.15) is 52.0 Å². The van der Waals surface area contributed by atoms with Crippen LogP contribution in [0.5, 0.6) is 0 Å². The van der Waals surface area contributed by atoms with Gasteiger partial charge in [0.1, 0.15) is 17.8 Å². The fraction of sp³-hybridized carbons (Fsp3) is 0.679. The molecule has 0 spiro atoms. The molecule has 1 unspecified atom stereocenters. The number of rotatable bonds is 10. The lowest BCUT2D eigenvalue weighted by atomic mass is 9.76. The minimum Gasteiger partial charge on any atom is -0.444 e. The van der Waals surface area contributed by atoms with Gasteiger partial charge in [-0.15, -0.1) is 0 Å². The van der Waals surface area contributed by atoms with Gasteiger partial charge < -0.3 is 29.7 Å². The lowest BCUT2D eigenvalue weighted by molar-refractivity contribution is -0.136. The number of ether oxygens (including phenoxy) is 2. The van der Waals surface area contributed by atoms with Crippen molar-refractivity contribution >= 4 is 19.1 Å². The summed E-state index contributed by atoms with van der Waals surface area (Å²) in [7, 11) is -1.86. The van der Waals surface area contributed by atoms with Crippen LogP contribution in [0.15, 0.2) is 24.3 Å². The molecule has 2 saturated heterocycles. The first-order valence-electron chi connectivity index (χ1n) is 14.1. The first kappa shape index (κ1) is 31.8. The normalized spacial score (nSPS) is 20.9. The van der Waals surface area contributed by atoms with Crippen molar-refractivity contribution in [3.63, 3.8) is 0 Å². The minimum atomic E-state index is -1.86. The number of alkyl carbamates (subject to hydrolysis) is 1. The smallest absolute Gasteiger partial charge is 0.444 e. The highest BCUT2D eigenvalue weighted by molar-refractivity contribution is 6.43. The van der Waals surface area contributed by atoms with Gasteiger partial charge in [0, 0.05) is 25.2 Å². The molecule has 3 N–H and O–H groups in total. The van der Waals surface area contributed by atoms with Gasteiger partial charge in [-0.05, 0) is 69.6 Å². The summed E-state index contributed by atoms with van der Waals surface area (Å²) in [5.74, 6) is -2.75. The average Bonchev–Trinajstić information content (AvgIpc) is 3.15. The van der Waals surface area contributed by atoms with Crippen LogP contribution in [0.3, 0.4) is 0 Å². The third-order valence-electron chi connectivity index (χ3n) is 7.91. The summed E-state index contributed by atoms with van der Waals surface area (Å²) < 4.78 is 24.3. The second-order valence-corrected chi connectivity index (χ2v) is 11.5. The molecule has 1 aromatic rings. The van der Waals surface area contributed by atoms with E-state index in [9.17, 15) is 29.3 Å². The van der Waals surface area contributed by atoms with Gasteiger partial charge in [-0.3, -0.25) is 9.69 Å². The van der Waals surface area contributed by atoms with Crippen LogP contribution in [0.4, 0.5) is 9.18 Å². The van der Waals surface area contributed by atoms with Crippen LogP contribution in [0.2, 0.25) is 0 Å². The van der Waals surface area contributed by atoms with Crippen molar-refractivity contribution in [2.45, 2.75) is 70.5 Å². The zero-order valence-electron chi connectivity index (χ0n) is 23.7. The van der Waals surface area contributed by atoms with Gasteiger partial charge in [-0.1, -0.05) is 19.1 Å². The van der Waals surface area contributed by atoms with Crippen molar-refractivity contribution in [1.29, 1.82) is 5.26 Å². The molecule has 0 saturated carbocycles. The second kappa shape index (κ2) is 14.8. The Morgan fingerprint density at radius 3 is 2.52 bits per heavy atom. The van der Waals surface area contributed by atoms with Gasteiger partial charge in [0.2, 0.25) is 5.91 Å². The molecule has 2 aliphatic rings. The van der Waals surface area contributed by atoms with Gasteiger partial charge in [-0.2, -0.15) is 5.26 Å². The monoisotopic (exact) mass is 560 g/mol. The van der Waals surface area contributed by atoms with Gasteiger partial charge >= 0.3 is 13.2 Å². The summed E-state index contributed by atoms with van der Waals surface area (Å²) in [5, 5.41) is 32.0. The van der Waals surface area contributed by atoms with Crippen molar-refractivity contribution < 1.29 is 33.5 Å². The maximum Gasteiger partial charge on any atom is 0.475 e. The van der Waals surface area contributed by atoms with E-state index in [2.05, 4.69) is 30.1 Å². The van der Waals surface area contributed by atoms with E-state index in [-0.39, 0.29) is 30.3 Å². The van der Waals surface area contributed by atoms with E-state index >= 15 is 0 Å². The molecule has 40 heavy (non-hydrogen) atoms. The minimum absolute atomic E-state index is 0.0604. The largest absolute Gasteiger partial charge is 0.475 e. The number of likely N-dealkylation sites (tertiary alicyclic amines) is 1. The Balaban J connectivity index is 1.58. The molecular weight excluding hydrogens is 518 g/mol. The third-order valence-corrected chi connectivity index (χ3v) is 7.91. The lowest BCUT2D eigenvalue weighted by Gasteiger charge is -2.43. The fourth-order valence-electron chi connectivity index (χ4n) is 5.67. The predicted molar refractivity (Wildman–Crippen MR) is 147 cm³/mol. The molecule has 2 amide bonds. The summed E-state index contributed by atoms with van der Waals surface area (Å²) in [6.07, 6.45) is 1.29. The number of hydrogen-bond donors (Lipinski definition) is 3. The number of halogens is 1. The van der Waals surface area contributed by atoms with E-state index in [0.717, 1.165) is 25.9 Å². The molecule has 2 aliphatic heterocycles.